The van der Waals surface area contributed by atoms with Gasteiger partial charge in [-0.25, -0.2) is 13.2 Å². The van der Waals surface area contributed by atoms with Crippen molar-refractivity contribution in [3.8, 4) is 0 Å². The molecular weight excluding hydrogens is 240 g/mol. The number of nitrogens with one attached hydrogen (secondary N) is 1. The third-order valence-electron chi connectivity index (χ3n) is 1.50. The van der Waals surface area contributed by atoms with E-state index in [1.165, 1.54) is 0 Å². The third kappa shape index (κ3) is 2.65. The SMILES string of the molecule is O=C(Nc1cc(F)cc(F)c1F)C(F)(F)F. The zero-order valence-corrected chi connectivity index (χ0v) is 7.33. The molecule has 1 N–H and O–H groups in total. The molecule has 0 radical (unpaired) electrons. The topological polar surface area (TPSA) is 29.1 Å². The normalized spacial score (nSPS) is 11.4. The number of benzene rings is 1. The van der Waals surface area contributed by atoms with Crippen LogP contribution in [0.5, 0.6) is 0 Å². The van der Waals surface area contributed by atoms with E-state index in [9.17, 15) is 31.1 Å². The van der Waals surface area contributed by atoms with Crippen molar-refractivity contribution in [1.82, 2.24) is 0 Å². The second kappa shape index (κ2) is 4.03. The zero-order chi connectivity index (χ0) is 12.5. The van der Waals surface area contributed by atoms with Gasteiger partial charge >= 0.3 is 12.1 Å². The van der Waals surface area contributed by atoms with E-state index >= 15 is 0 Å². The van der Waals surface area contributed by atoms with Crippen LogP contribution in [0.1, 0.15) is 0 Å². The van der Waals surface area contributed by atoms with Gasteiger partial charge in [-0.1, -0.05) is 0 Å². The van der Waals surface area contributed by atoms with E-state index in [0.717, 1.165) is 5.32 Å². The molecule has 88 valence electrons. The lowest BCUT2D eigenvalue weighted by Gasteiger charge is -2.09. The Morgan fingerprint density at radius 2 is 1.69 bits per heavy atom. The molecule has 0 heterocycles. The van der Waals surface area contributed by atoms with Gasteiger partial charge in [0.1, 0.15) is 5.82 Å². The first-order chi connectivity index (χ1) is 7.21. The number of carbonyl (C=O) groups is 1. The van der Waals surface area contributed by atoms with Crippen molar-refractivity contribution in [3.63, 3.8) is 0 Å². The summed E-state index contributed by atoms with van der Waals surface area (Å²) in [5.74, 6) is -7.29. The molecule has 2 nitrogen and oxygen atoms in total. The minimum absolute atomic E-state index is 0.137. The minimum atomic E-state index is -5.27. The maximum atomic E-state index is 12.8. The van der Waals surface area contributed by atoms with Gasteiger partial charge in [-0.05, 0) is 0 Å². The third-order valence-corrected chi connectivity index (χ3v) is 1.50. The maximum absolute atomic E-state index is 12.8. The van der Waals surface area contributed by atoms with Crippen LogP contribution in [0.25, 0.3) is 0 Å². The van der Waals surface area contributed by atoms with Gasteiger partial charge in [-0.3, -0.25) is 4.79 Å². The molecule has 0 aliphatic carbocycles. The Bertz CT molecular complexity index is 427. The Morgan fingerprint density at radius 3 is 2.19 bits per heavy atom. The molecule has 0 saturated heterocycles. The summed E-state index contributed by atoms with van der Waals surface area (Å²) in [4.78, 5) is 10.4. The van der Waals surface area contributed by atoms with E-state index in [1.54, 1.807) is 0 Å². The van der Waals surface area contributed by atoms with Gasteiger partial charge in [0.15, 0.2) is 11.6 Å². The summed E-state index contributed by atoms with van der Waals surface area (Å²) >= 11 is 0. The van der Waals surface area contributed by atoms with Crippen LogP contribution in [0.2, 0.25) is 0 Å². The second-order valence-corrected chi connectivity index (χ2v) is 2.70. The van der Waals surface area contributed by atoms with E-state index < -0.39 is 35.2 Å². The number of amides is 1. The molecular formula is C8H3F6NO. The van der Waals surface area contributed by atoms with Crippen LogP contribution in [0.3, 0.4) is 0 Å². The Morgan fingerprint density at radius 1 is 1.12 bits per heavy atom. The van der Waals surface area contributed by atoms with Gasteiger partial charge in [0, 0.05) is 12.1 Å². The summed E-state index contributed by atoms with van der Waals surface area (Å²) < 4.78 is 73.1. The summed E-state index contributed by atoms with van der Waals surface area (Å²) in [6.45, 7) is 0. The maximum Gasteiger partial charge on any atom is 0.471 e. The first-order valence-electron chi connectivity index (χ1n) is 3.74. The molecule has 0 bridgehead atoms. The van der Waals surface area contributed by atoms with Gasteiger partial charge < -0.3 is 5.32 Å². The van der Waals surface area contributed by atoms with Crippen LogP contribution in [-0.2, 0) is 4.79 Å². The molecule has 0 unspecified atom stereocenters. The largest absolute Gasteiger partial charge is 0.471 e. The quantitative estimate of drug-likeness (QED) is 0.596. The first-order valence-corrected chi connectivity index (χ1v) is 3.74. The Balaban J connectivity index is 3.03. The zero-order valence-electron chi connectivity index (χ0n) is 7.33. The number of hydrogen-bond acceptors (Lipinski definition) is 1. The standard InChI is InChI=1S/C8H3F6NO/c9-3-1-4(10)6(11)5(2-3)15-7(16)8(12,13)14/h1-2H,(H,15,16). The highest BCUT2D eigenvalue weighted by Crippen LogP contribution is 2.22. The van der Waals surface area contributed by atoms with Gasteiger partial charge in [0.25, 0.3) is 0 Å². The van der Waals surface area contributed by atoms with Crippen molar-refractivity contribution < 1.29 is 31.1 Å². The highest BCUT2D eigenvalue weighted by molar-refractivity contribution is 5.95. The molecule has 0 aromatic heterocycles. The van der Waals surface area contributed by atoms with Gasteiger partial charge in [0.05, 0.1) is 5.69 Å². The van der Waals surface area contributed by atoms with Crippen molar-refractivity contribution in [2.45, 2.75) is 6.18 Å². The fourth-order valence-electron chi connectivity index (χ4n) is 0.840. The molecule has 1 amide bonds. The molecule has 0 atom stereocenters. The number of alkyl halides is 3. The van der Waals surface area contributed by atoms with Gasteiger partial charge in [-0.2, -0.15) is 13.2 Å². The van der Waals surface area contributed by atoms with Crippen LogP contribution in [0, 0.1) is 17.5 Å². The highest BCUT2D eigenvalue weighted by Gasteiger charge is 2.39. The molecule has 1 aromatic carbocycles. The number of halogens is 6. The molecule has 0 aliphatic rings. The van der Waals surface area contributed by atoms with Crippen LogP contribution in [0.4, 0.5) is 32.0 Å². The fraction of sp³-hybridized carbons (Fsp3) is 0.125. The van der Waals surface area contributed by atoms with Crippen molar-refractivity contribution in [1.29, 1.82) is 0 Å². The Kier molecular flexibility index (Phi) is 3.11. The van der Waals surface area contributed by atoms with E-state index in [2.05, 4.69) is 0 Å². The van der Waals surface area contributed by atoms with Crippen molar-refractivity contribution in [2.75, 3.05) is 5.32 Å². The monoisotopic (exact) mass is 243 g/mol. The Hall–Kier alpha value is -1.73. The van der Waals surface area contributed by atoms with E-state index in [0.29, 0.717) is 0 Å². The van der Waals surface area contributed by atoms with Crippen LogP contribution >= 0.6 is 0 Å². The van der Waals surface area contributed by atoms with E-state index in [-0.39, 0.29) is 12.1 Å². The lowest BCUT2D eigenvalue weighted by Crippen LogP contribution is -2.30. The Labute approximate surface area is 84.9 Å². The van der Waals surface area contributed by atoms with Crippen LogP contribution in [0.15, 0.2) is 12.1 Å². The molecule has 16 heavy (non-hydrogen) atoms. The second-order valence-electron chi connectivity index (χ2n) is 2.70. The van der Waals surface area contributed by atoms with Gasteiger partial charge in [-0.15, -0.1) is 0 Å². The fourth-order valence-corrected chi connectivity index (χ4v) is 0.840. The molecule has 0 fully saturated rings. The predicted molar refractivity (Wildman–Crippen MR) is 41.0 cm³/mol. The summed E-state index contributed by atoms with van der Waals surface area (Å²) in [5, 5.41) is 1.01. The number of anilines is 1. The summed E-state index contributed by atoms with van der Waals surface area (Å²) in [7, 11) is 0. The van der Waals surface area contributed by atoms with E-state index in [1.807, 2.05) is 0 Å². The minimum Gasteiger partial charge on any atom is -0.316 e. The molecule has 0 saturated carbocycles. The van der Waals surface area contributed by atoms with Crippen molar-refractivity contribution in [2.24, 2.45) is 0 Å². The molecule has 0 spiro atoms. The van der Waals surface area contributed by atoms with Crippen molar-refractivity contribution >= 4 is 11.6 Å². The average Bonchev–Trinajstić information content (AvgIpc) is 2.11. The summed E-state index contributed by atoms with van der Waals surface area (Å²) in [6, 6.07) is 0.376. The lowest BCUT2D eigenvalue weighted by atomic mass is 10.2. The summed E-state index contributed by atoms with van der Waals surface area (Å²) in [5.41, 5.74) is -1.21. The summed E-state index contributed by atoms with van der Waals surface area (Å²) in [6.07, 6.45) is -5.27. The number of hydrogen-bond donors (Lipinski definition) is 1. The van der Waals surface area contributed by atoms with Gasteiger partial charge in [0.2, 0.25) is 0 Å². The lowest BCUT2D eigenvalue weighted by molar-refractivity contribution is -0.167. The first kappa shape index (κ1) is 12.3. The van der Waals surface area contributed by atoms with Crippen LogP contribution in [-0.4, -0.2) is 12.1 Å². The number of carbonyl (C=O) groups excluding carboxylic acids is 1. The van der Waals surface area contributed by atoms with E-state index in [4.69, 9.17) is 0 Å². The highest BCUT2D eigenvalue weighted by atomic mass is 19.4. The predicted octanol–water partition coefficient (Wildman–Crippen LogP) is 2.60. The van der Waals surface area contributed by atoms with Crippen LogP contribution < -0.4 is 5.32 Å². The molecule has 8 heteroatoms. The smallest absolute Gasteiger partial charge is 0.316 e. The molecule has 0 aliphatic heterocycles. The molecule has 1 aromatic rings. The van der Waals surface area contributed by atoms with Crippen molar-refractivity contribution in [3.05, 3.63) is 29.6 Å². The number of rotatable bonds is 1. The average molecular weight is 243 g/mol. The molecule has 1 rings (SSSR count).